The first kappa shape index (κ1) is 30.0. The molecule has 1 aliphatic rings. The van der Waals surface area contributed by atoms with Crippen molar-refractivity contribution >= 4 is 29.7 Å². The van der Waals surface area contributed by atoms with Crippen molar-refractivity contribution in [3.63, 3.8) is 0 Å². The summed E-state index contributed by atoms with van der Waals surface area (Å²) in [5, 5.41) is 14.8. The number of likely N-dealkylation sites (tertiary alicyclic amines) is 1. The summed E-state index contributed by atoms with van der Waals surface area (Å²) in [4.78, 5) is 53.9. The first-order valence-electron chi connectivity index (χ1n) is 13.8. The summed E-state index contributed by atoms with van der Waals surface area (Å²) < 4.78 is 0. The van der Waals surface area contributed by atoms with Crippen molar-refractivity contribution in [2.24, 2.45) is 11.5 Å². The minimum atomic E-state index is -1.02. The van der Waals surface area contributed by atoms with Gasteiger partial charge in [0, 0.05) is 13.0 Å². The van der Waals surface area contributed by atoms with Crippen molar-refractivity contribution in [1.29, 1.82) is 0 Å². The van der Waals surface area contributed by atoms with E-state index >= 15 is 0 Å². The van der Waals surface area contributed by atoms with Crippen molar-refractivity contribution in [2.75, 3.05) is 6.54 Å². The lowest BCUT2D eigenvalue weighted by Gasteiger charge is -2.27. The minimum absolute atomic E-state index is 0.0850. The number of hydrogen-bond acceptors (Lipinski definition) is 6. The number of nitrogens with one attached hydrogen (secondary N) is 2. The molecule has 0 saturated carbocycles. The summed E-state index contributed by atoms with van der Waals surface area (Å²) >= 11 is 0. The summed E-state index contributed by atoms with van der Waals surface area (Å²) in [6.45, 7) is 0.352. The van der Waals surface area contributed by atoms with Gasteiger partial charge in [-0.2, -0.15) is 0 Å². The number of amides is 4. The van der Waals surface area contributed by atoms with Gasteiger partial charge in [0.05, 0.1) is 6.04 Å². The Balaban J connectivity index is 1.49. The van der Waals surface area contributed by atoms with E-state index in [1.165, 1.54) is 23.1 Å². The van der Waals surface area contributed by atoms with Crippen LogP contribution < -0.4 is 22.1 Å². The zero-order chi connectivity index (χ0) is 30.1. The Hall–Kier alpha value is -4.96. The highest BCUT2D eigenvalue weighted by atomic mass is 16.3. The average molecular weight is 570 g/mol. The van der Waals surface area contributed by atoms with E-state index in [1.54, 1.807) is 36.4 Å². The maximum Gasteiger partial charge on any atom is 0.268 e. The predicted molar refractivity (Wildman–Crippen MR) is 158 cm³/mol. The lowest BCUT2D eigenvalue weighted by atomic mass is 10.0. The summed E-state index contributed by atoms with van der Waals surface area (Å²) in [7, 11) is 0. The average Bonchev–Trinajstić information content (AvgIpc) is 3.48. The lowest BCUT2D eigenvalue weighted by molar-refractivity contribution is -0.139. The number of carbonyl (C=O) groups is 4. The molecule has 10 heteroatoms. The smallest absolute Gasteiger partial charge is 0.268 e. The van der Waals surface area contributed by atoms with Gasteiger partial charge < -0.3 is 32.1 Å². The number of hydrogen-bond donors (Lipinski definition) is 5. The van der Waals surface area contributed by atoms with Crippen LogP contribution in [0.4, 0.5) is 0 Å². The predicted octanol–water partition coefficient (Wildman–Crippen LogP) is 1.62. The molecule has 0 aliphatic carbocycles. The quantitative estimate of drug-likeness (QED) is 0.220. The molecule has 1 aliphatic heterocycles. The fourth-order valence-corrected chi connectivity index (χ4v) is 4.89. The van der Waals surface area contributed by atoms with E-state index in [0.717, 1.165) is 11.1 Å². The van der Waals surface area contributed by atoms with E-state index < -0.39 is 35.8 Å². The van der Waals surface area contributed by atoms with Gasteiger partial charge in [0.15, 0.2) is 0 Å². The number of nitrogens with two attached hydrogens (primary N) is 2. The first-order valence-corrected chi connectivity index (χ1v) is 13.8. The lowest BCUT2D eigenvalue weighted by Crippen LogP contribution is -2.53. The van der Waals surface area contributed by atoms with Crippen LogP contribution in [0.5, 0.6) is 5.75 Å². The summed E-state index contributed by atoms with van der Waals surface area (Å²) in [5.41, 5.74) is 14.0. The molecule has 1 fully saturated rings. The molecule has 3 aromatic rings. The fraction of sp³-hybridized carbons (Fsp3) is 0.250. The number of aromatic hydroxyl groups is 1. The summed E-state index contributed by atoms with van der Waals surface area (Å²) in [6, 6.07) is 21.7. The molecule has 1 heterocycles. The molecule has 0 bridgehead atoms. The molecule has 10 nitrogen and oxygen atoms in total. The van der Waals surface area contributed by atoms with E-state index in [0.29, 0.717) is 24.9 Å². The van der Waals surface area contributed by atoms with Gasteiger partial charge in [-0.25, -0.2) is 0 Å². The van der Waals surface area contributed by atoms with Crippen LogP contribution in [0.15, 0.2) is 90.6 Å². The number of phenolic OH excluding ortho intramolecular Hbond substituents is 1. The van der Waals surface area contributed by atoms with Crippen molar-refractivity contribution in [2.45, 2.75) is 43.8 Å². The SMILES string of the molecule is NC(=O)[C@H](Cc1ccccc1)NC(=O)/C(=C\c1ccccc1)NC(=O)[C@H]1CCCN1C(=O)[C@@H](N)Cc1ccc(O)cc1. The molecule has 4 rings (SSSR count). The second-order valence-corrected chi connectivity index (χ2v) is 10.2. The Morgan fingerprint density at radius 3 is 2.17 bits per heavy atom. The summed E-state index contributed by atoms with van der Waals surface area (Å²) in [6.07, 6.45) is 2.92. The Kier molecular flexibility index (Phi) is 10.1. The van der Waals surface area contributed by atoms with Crippen molar-refractivity contribution in [1.82, 2.24) is 15.5 Å². The van der Waals surface area contributed by atoms with Crippen LogP contribution in [0.2, 0.25) is 0 Å². The van der Waals surface area contributed by atoms with Crippen molar-refractivity contribution in [3.8, 4) is 5.75 Å². The molecule has 0 unspecified atom stereocenters. The molecule has 42 heavy (non-hydrogen) atoms. The maximum absolute atomic E-state index is 13.5. The molecular weight excluding hydrogens is 534 g/mol. The topological polar surface area (TPSA) is 168 Å². The van der Waals surface area contributed by atoms with Gasteiger partial charge in [0.25, 0.3) is 5.91 Å². The minimum Gasteiger partial charge on any atom is -0.508 e. The Bertz CT molecular complexity index is 1430. The molecule has 1 saturated heterocycles. The third-order valence-corrected chi connectivity index (χ3v) is 7.09. The van der Waals surface area contributed by atoms with Crippen molar-refractivity contribution < 1.29 is 24.3 Å². The highest BCUT2D eigenvalue weighted by molar-refractivity contribution is 6.04. The van der Waals surface area contributed by atoms with Gasteiger partial charge in [0.2, 0.25) is 17.7 Å². The summed E-state index contributed by atoms with van der Waals surface area (Å²) in [5.74, 6) is -2.20. The largest absolute Gasteiger partial charge is 0.508 e. The molecule has 0 radical (unpaired) electrons. The van der Waals surface area contributed by atoms with Gasteiger partial charge in [-0.05, 0) is 54.2 Å². The van der Waals surface area contributed by atoms with Gasteiger partial charge in [-0.1, -0.05) is 72.8 Å². The van der Waals surface area contributed by atoms with E-state index in [9.17, 15) is 24.3 Å². The second-order valence-electron chi connectivity index (χ2n) is 10.2. The maximum atomic E-state index is 13.5. The monoisotopic (exact) mass is 569 g/mol. The van der Waals surface area contributed by atoms with Gasteiger partial charge in [-0.15, -0.1) is 0 Å². The van der Waals surface area contributed by atoms with Crippen LogP contribution >= 0.6 is 0 Å². The van der Waals surface area contributed by atoms with Crippen LogP contribution in [0.3, 0.4) is 0 Å². The molecule has 4 amide bonds. The molecule has 0 spiro atoms. The molecule has 7 N–H and O–H groups in total. The number of nitrogens with zero attached hydrogens (tertiary/aromatic N) is 1. The fourth-order valence-electron chi connectivity index (χ4n) is 4.89. The first-order chi connectivity index (χ1) is 20.2. The van der Waals surface area contributed by atoms with Crippen LogP contribution in [0, 0.1) is 0 Å². The highest BCUT2D eigenvalue weighted by Gasteiger charge is 2.37. The molecule has 3 atom stereocenters. The molecule has 0 aromatic heterocycles. The number of carbonyl (C=O) groups excluding carboxylic acids is 4. The second kappa shape index (κ2) is 14.1. The number of primary amides is 1. The standard InChI is InChI=1S/C32H35N5O5/c33-25(18-23-13-15-24(38)16-14-23)32(42)37-17-7-12-28(37)31(41)36-27(20-22-10-5-2-6-11-22)30(40)35-26(29(34)39)19-21-8-3-1-4-9-21/h1-6,8-11,13-16,20,25-26,28,38H,7,12,17-19,33H2,(H2,34,39)(H,35,40)(H,36,41)/b27-20+/t25-,26-,28+/m0/s1. The van der Waals surface area contributed by atoms with Gasteiger partial charge in [-0.3, -0.25) is 19.2 Å². The van der Waals surface area contributed by atoms with Crippen LogP contribution in [-0.2, 0) is 32.0 Å². The van der Waals surface area contributed by atoms with E-state index in [-0.39, 0.29) is 30.2 Å². The Morgan fingerprint density at radius 1 is 0.905 bits per heavy atom. The molecular formula is C32H35N5O5. The van der Waals surface area contributed by atoms with Crippen LogP contribution in [0.1, 0.15) is 29.5 Å². The number of phenols is 1. The zero-order valence-electron chi connectivity index (χ0n) is 23.1. The third kappa shape index (κ3) is 8.05. The van der Waals surface area contributed by atoms with Crippen molar-refractivity contribution in [3.05, 3.63) is 107 Å². The van der Waals surface area contributed by atoms with Crippen LogP contribution in [0.25, 0.3) is 6.08 Å². The van der Waals surface area contributed by atoms with Gasteiger partial charge in [0.1, 0.15) is 23.5 Å². The van der Waals surface area contributed by atoms with E-state index in [4.69, 9.17) is 11.5 Å². The zero-order valence-corrected chi connectivity index (χ0v) is 23.1. The van der Waals surface area contributed by atoms with Crippen LogP contribution in [-0.4, -0.2) is 58.3 Å². The number of rotatable bonds is 11. The molecule has 218 valence electrons. The number of benzene rings is 3. The van der Waals surface area contributed by atoms with Gasteiger partial charge >= 0.3 is 0 Å². The highest BCUT2D eigenvalue weighted by Crippen LogP contribution is 2.20. The molecule has 3 aromatic carbocycles. The normalized spacial score (nSPS) is 16.4. The Morgan fingerprint density at radius 2 is 1.52 bits per heavy atom. The third-order valence-electron chi connectivity index (χ3n) is 7.09. The van der Waals surface area contributed by atoms with E-state index in [2.05, 4.69) is 10.6 Å². The Labute approximate surface area is 244 Å². The van der Waals surface area contributed by atoms with E-state index in [1.807, 2.05) is 36.4 Å².